The predicted octanol–water partition coefficient (Wildman–Crippen LogP) is 2.22. The first-order valence-electron chi connectivity index (χ1n) is 10.3. The van der Waals surface area contributed by atoms with Crippen LogP contribution in [0.15, 0.2) is 48.5 Å². The molecule has 0 unspecified atom stereocenters. The molecule has 0 atom stereocenters. The maximum Gasteiger partial charge on any atom is 0.338 e. The Morgan fingerprint density at radius 3 is 2.00 bits per heavy atom. The van der Waals surface area contributed by atoms with Crippen molar-refractivity contribution in [1.29, 1.82) is 0 Å². The van der Waals surface area contributed by atoms with Crippen LogP contribution in [0.25, 0.3) is 0 Å². The normalized spacial score (nSPS) is 13.3. The van der Waals surface area contributed by atoms with Gasteiger partial charge in [-0.3, -0.25) is 19.3 Å². The number of likely N-dealkylation sites (tertiary alicyclic amines) is 1. The Kier molecular flexibility index (Phi) is 7.25. The number of nitrogens with zero attached hydrogens (tertiary/aromatic N) is 3. The van der Waals surface area contributed by atoms with Crippen LogP contribution in [-0.4, -0.2) is 61.2 Å². The van der Waals surface area contributed by atoms with Crippen molar-refractivity contribution in [2.24, 2.45) is 0 Å². The highest BCUT2D eigenvalue weighted by Gasteiger charge is 2.28. The molecule has 1 heterocycles. The van der Waals surface area contributed by atoms with Crippen LogP contribution in [-0.2, 0) is 32.2 Å². The molecule has 1 aliphatic rings. The molecule has 0 spiro atoms. The van der Waals surface area contributed by atoms with Gasteiger partial charge in [0.1, 0.15) is 0 Å². The lowest BCUT2D eigenvalue weighted by Crippen LogP contribution is -2.30. The van der Waals surface area contributed by atoms with Gasteiger partial charge < -0.3 is 14.5 Å². The fourth-order valence-corrected chi connectivity index (χ4v) is 3.31. The summed E-state index contributed by atoms with van der Waals surface area (Å²) in [4.78, 5) is 52.8. The number of hydrogen-bond donors (Lipinski definition) is 0. The number of ether oxygens (including phenoxy) is 1. The molecule has 3 rings (SSSR count). The number of benzene rings is 2. The topological polar surface area (TPSA) is 87.2 Å². The first-order chi connectivity index (χ1) is 15.2. The van der Waals surface area contributed by atoms with Crippen LogP contribution in [0.5, 0.6) is 0 Å². The van der Waals surface area contributed by atoms with E-state index in [0.717, 1.165) is 16.8 Å². The summed E-state index contributed by atoms with van der Waals surface area (Å²) in [7, 11) is 5.58. The van der Waals surface area contributed by atoms with E-state index in [2.05, 4.69) is 0 Å². The van der Waals surface area contributed by atoms with Crippen molar-refractivity contribution >= 4 is 29.4 Å². The van der Waals surface area contributed by atoms with Crippen LogP contribution in [0.3, 0.4) is 0 Å². The van der Waals surface area contributed by atoms with Gasteiger partial charge in [0.15, 0.2) is 6.61 Å². The van der Waals surface area contributed by atoms with E-state index in [1.165, 1.54) is 9.80 Å². The third-order valence-electron chi connectivity index (χ3n) is 5.31. The minimum absolute atomic E-state index is 0.185. The second-order valence-corrected chi connectivity index (χ2v) is 7.96. The molecule has 8 nitrogen and oxygen atoms in total. The lowest BCUT2D eigenvalue weighted by Gasteiger charge is -2.18. The number of hydrogen-bond acceptors (Lipinski definition) is 6. The van der Waals surface area contributed by atoms with Gasteiger partial charge in [-0.15, -0.1) is 0 Å². The summed E-state index contributed by atoms with van der Waals surface area (Å²) in [5.41, 5.74) is 3.08. The standard InChI is InChI=1S/C24H27N3O5/c1-25(2)20-10-6-17(7-11-20)14-26(3)23(30)16-32-24(31)19-8-4-18(5-9-19)15-27-21(28)12-13-22(27)29/h4-11H,12-16H2,1-3H3. The highest BCUT2D eigenvalue weighted by atomic mass is 16.5. The van der Waals surface area contributed by atoms with E-state index in [-0.39, 0.29) is 43.7 Å². The Morgan fingerprint density at radius 1 is 0.875 bits per heavy atom. The Balaban J connectivity index is 1.48. The van der Waals surface area contributed by atoms with E-state index < -0.39 is 5.97 Å². The van der Waals surface area contributed by atoms with Crippen molar-refractivity contribution in [2.45, 2.75) is 25.9 Å². The molecule has 32 heavy (non-hydrogen) atoms. The van der Waals surface area contributed by atoms with Gasteiger partial charge in [-0.05, 0) is 35.4 Å². The van der Waals surface area contributed by atoms with E-state index in [9.17, 15) is 19.2 Å². The number of esters is 1. The van der Waals surface area contributed by atoms with Crippen LogP contribution in [0.1, 0.15) is 34.3 Å². The Morgan fingerprint density at radius 2 is 1.44 bits per heavy atom. The van der Waals surface area contributed by atoms with Crippen LogP contribution in [0.2, 0.25) is 0 Å². The van der Waals surface area contributed by atoms with E-state index in [4.69, 9.17) is 4.74 Å². The molecule has 2 aromatic carbocycles. The molecule has 3 amide bonds. The Bertz CT molecular complexity index is 983. The predicted molar refractivity (Wildman–Crippen MR) is 119 cm³/mol. The summed E-state index contributed by atoms with van der Waals surface area (Å²) in [5.74, 6) is -1.29. The molecule has 2 aromatic rings. The van der Waals surface area contributed by atoms with Crippen molar-refractivity contribution in [3.8, 4) is 0 Å². The second-order valence-electron chi connectivity index (χ2n) is 7.96. The van der Waals surface area contributed by atoms with Gasteiger partial charge in [0.25, 0.3) is 5.91 Å². The van der Waals surface area contributed by atoms with Gasteiger partial charge in [-0.2, -0.15) is 0 Å². The molecule has 0 N–H and O–H groups in total. The maximum absolute atomic E-state index is 12.3. The SMILES string of the molecule is CN(Cc1ccc(N(C)C)cc1)C(=O)COC(=O)c1ccc(CN2C(=O)CCC2=O)cc1. The fourth-order valence-electron chi connectivity index (χ4n) is 3.31. The number of imide groups is 1. The molecule has 0 saturated carbocycles. The zero-order chi connectivity index (χ0) is 23.3. The zero-order valence-corrected chi connectivity index (χ0v) is 18.5. The third kappa shape index (κ3) is 5.72. The summed E-state index contributed by atoms with van der Waals surface area (Å²) in [6.45, 7) is 0.238. The lowest BCUT2D eigenvalue weighted by molar-refractivity contribution is -0.139. The minimum atomic E-state index is -0.609. The molecule has 168 valence electrons. The molecule has 1 saturated heterocycles. The molecule has 1 fully saturated rings. The van der Waals surface area contributed by atoms with Crippen molar-refractivity contribution in [3.05, 3.63) is 65.2 Å². The van der Waals surface area contributed by atoms with E-state index in [0.29, 0.717) is 12.1 Å². The summed E-state index contributed by atoms with van der Waals surface area (Å²) < 4.78 is 5.15. The van der Waals surface area contributed by atoms with E-state index in [1.54, 1.807) is 31.3 Å². The van der Waals surface area contributed by atoms with Gasteiger partial charge >= 0.3 is 5.97 Å². The minimum Gasteiger partial charge on any atom is -0.452 e. The van der Waals surface area contributed by atoms with Gasteiger partial charge in [0, 0.05) is 46.2 Å². The molecule has 0 bridgehead atoms. The number of amides is 3. The molecule has 0 aromatic heterocycles. The molecular weight excluding hydrogens is 410 g/mol. The monoisotopic (exact) mass is 437 g/mol. The fraction of sp³-hybridized carbons (Fsp3) is 0.333. The summed E-state index contributed by atoms with van der Waals surface area (Å²) in [6, 6.07) is 14.3. The summed E-state index contributed by atoms with van der Waals surface area (Å²) in [5, 5.41) is 0. The quantitative estimate of drug-likeness (QED) is 0.465. The van der Waals surface area contributed by atoms with Crippen molar-refractivity contribution in [3.63, 3.8) is 0 Å². The summed E-state index contributed by atoms with van der Waals surface area (Å²) in [6.07, 6.45) is 0.486. The number of rotatable bonds is 8. The molecule has 1 aliphatic heterocycles. The first kappa shape index (κ1) is 23.0. The average molecular weight is 437 g/mol. The largest absolute Gasteiger partial charge is 0.452 e. The van der Waals surface area contributed by atoms with Crippen molar-refractivity contribution in [2.75, 3.05) is 32.6 Å². The molecule has 0 radical (unpaired) electrons. The zero-order valence-electron chi connectivity index (χ0n) is 18.5. The van der Waals surface area contributed by atoms with Crippen molar-refractivity contribution in [1.82, 2.24) is 9.80 Å². The van der Waals surface area contributed by atoms with Gasteiger partial charge in [-0.1, -0.05) is 24.3 Å². The number of carbonyl (C=O) groups excluding carboxylic acids is 4. The van der Waals surface area contributed by atoms with Crippen LogP contribution < -0.4 is 4.90 Å². The number of likely N-dealkylation sites (N-methyl/N-ethyl adjacent to an activating group) is 1. The number of carbonyl (C=O) groups is 4. The highest BCUT2D eigenvalue weighted by molar-refractivity contribution is 6.01. The molecule has 8 heteroatoms. The first-order valence-corrected chi connectivity index (χ1v) is 10.3. The smallest absolute Gasteiger partial charge is 0.338 e. The molecule has 0 aliphatic carbocycles. The highest BCUT2D eigenvalue weighted by Crippen LogP contribution is 2.17. The summed E-state index contributed by atoms with van der Waals surface area (Å²) >= 11 is 0. The van der Waals surface area contributed by atoms with Gasteiger partial charge in [-0.25, -0.2) is 4.79 Å². The lowest BCUT2D eigenvalue weighted by atomic mass is 10.1. The van der Waals surface area contributed by atoms with Gasteiger partial charge in [0.05, 0.1) is 12.1 Å². The van der Waals surface area contributed by atoms with Crippen molar-refractivity contribution < 1.29 is 23.9 Å². The third-order valence-corrected chi connectivity index (χ3v) is 5.31. The van der Waals surface area contributed by atoms with Gasteiger partial charge in [0.2, 0.25) is 11.8 Å². The van der Waals surface area contributed by atoms with Crippen LogP contribution >= 0.6 is 0 Å². The second kappa shape index (κ2) is 10.1. The van der Waals surface area contributed by atoms with Crippen LogP contribution in [0.4, 0.5) is 5.69 Å². The number of anilines is 1. The molecular formula is C24H27N3O5. The Labute approximate surface area is 187 Å². The maximum atomic E-state index is 12.3. The van der Waals surface area contributed by atoms with E-state index in [1.807, 2.05) is 43.3 Å². The average Bonchev–Trinajstić information content (AvgIpc) is 3.10. The Hall–Kier alpha value is -3.68. The van der Waals surface area contributed by atoms with Crippen LogP contribution in [0, 0.1) is 0 Å². The van der Waals surface area contributed by atoms with E-state index >= 15 is 0 Å².